The minimum absolute atomic E-state index is 0.144. The number of halogens is 1. The molecule has 0 saturated heterocycles. The average Bonchev–Trinajstić information content (AvgIpc) is 2.50. The summed E-state index contributed by atoms with van der Waals surface area (Å²) < 4.78 is 11.9. The van der Waals surface area contributed by atoms with Gasteiger partial charge in [0.1, 0.15) is 0 Å². The Balaban J connectivity index is 1.92. The number of allylic oxidation sites excluding steroid dienone is 1. The Hall–Kier alpha value is -1.13. The van der Waals surface area contributed by atoms with Gasteiger partial charge >= 0.3 is 5.97 Å². The summed E-state index contributed by atoms with van der Waals surface area (Å²) in [6, 6.07) is 7.36. The van der Waals surface area contributed by atoms with Gasteiger partial charge in [-0.15, -0.1) is 0 Å². The van der Waals surface area contributed by atoms with Crippen LogP contribution in [0.3, 0.4) is 0 Å². The van der Waals surface area contributed by atoms with Gasteiger partial charge < -0.3 is 9.47 Å². The summed E-state index contributed by atoms with van der Waals surface area (Å²) in [5, 5.41) is 0. The van der Waals surface area contributed by atoms with Crippen LogP contribution >= 0.6 is 15.9 Å². The summed E-state index contributed by atoms with van der Waals surface area (Å²) in [7, 11) is 1.39. The predicted octanol–water partition coefficient (Wildman–Crippen LogP) is 4.60. The third-order valence-electron chi connectivity index (χ3n) is 3.64. The molecule has 0 aliphatic heterocycles. The largest absolute Gasteiger partial charge is 0.465 e. The van der Waals surface area contributed by atoms with E-state index >= 15 is 0 Å². The van der Waals surface area contributed by atoms with Crippen molar-refractivity contribution in [1.82, 2.24) is 0 Å². The number of ether oxygens (including phenoxy) is 2. The lowest BCUT2D eigenvalue weighted by atomic mass is 10.0. The van der Waals surface area contributed by atoms with Gasteiger partial charge in [0.25, 0.3) is 0 Å². The van der Waals surface area contributed by atoms with Gasteiger partial charge in [-0.05, 0) is 37.0 Å². The van der Waals surface area contributed by atoms with Gasteiger partial charge in [0.05, 0.1) is 25.4 Å². The molecule has 4 heteroatoms. The zero-order valence-electron chi connectivity index (χ0n) is 12.3. The SMILES string of the molecule is COC(=O)c1ccc(COC2CCCCC/C=C\2Br)cc1. The number of rotatable bonds is 4. The molecule has 114 valence electrons. The molecule has 0 aromatic heterocycles. The van der Waals surface area contributed by atoms with Gasteiger partial charge in [-0.1, -0.05) is 47.0 Å². The van der Waals surface area contributed by atoms with Gasteiger partial charge in [-0.2, -0.15) is 0 Å². The number of carbonyl (C=O) groups excluding carboxylic acids is 1. The monoisotopic (exact) mass is 352 g/mol. The Labute approximate surface area is 134 Å². The first-order valence-electron chi connectivity index (χ1n) is 7.35. The van der Waals surface area contributed by atoms with E-state index in [9.17, 15) is 4.79 Å². The molecule has 0 fully saturated rings. The van der Waals surface area contributed by atoms with Crippen molar-refractivity contribution in [2.45, 2.75) is 44.8 Å². The number of carbonyl (C=O) groups is 1. The second kappa shape index (κ2) is 8.35. The van der Waals surface area contributed by atoms with Crippen LogP contribution in [0.5, 0.6) is 0 Å². The van der Waals surface area contributed by atoms with E-state index in [4.69, 9.17) is 4.74 Å². The third kappa shape index (κ3) is 4.97. The summed E-state index contributed by atoms with van der Waals surface area (Å²) in [5.41, 5.74) is 1.62. The number of hydrogen-bond donors (Lipinski definition) is 0. The fourth-order valence-electron chi connectivity index (χ4n) is 2.37. The second-order valence-corrected chi connectivity index (χ2v) is 6.13. The molecule has 0 bridgehead atoms. The maximum atomic E-state index is 11.4. The van der Waals surface area contributed by atoms with Gasteiger partial charge in [0, 0.05) is 4.48 Å². The highest BCUT2D eigenvalue weighted by molar-refractivity contribution is 9.11. The molecule has 1 aromatic carbocycles. The van der Waals surface area contributed by atoms with E-state index in [2.05, 4.69) is 26.7 Å². The van der Waals surface area contributed by atoms with Crippen molar-refractivity contribution in [3.05, 3.63) is 46.0 Å². The van der Waals surface area contributed by atoms with Crippen LogP contribution in [0, 0.1) is 0 Å². The lowest BCUT2D eigenvalue weighted by Crippen LogP contribution is -2.14. The summed E-state index contributed by atoms with van der Waals surface area (Å²) >= 11 is 3.63. The standard InChI is InChI=1S/C17H21BrO3/c1-20-17(19)14-10-8-13(9-11-14)12-21-16-7-5-3-2-4-6-15(16)18/h6,8-11,16H,2-5,7,12H2,1H3/b15-6+. The van der Waals surface area contributed by atoms with Crippen molar-refractivity contribution < 1.29 is 14.3 Å². The van der Waals surface area contributed by atoms with E-state index in [0.29, 0.717) is 12.2 Å². The Bertz CT molecular complexity index is 493. The van der Waals surface area contributed by atoms with Crippen molar-refractivity contribution in [2.75, 3.05) is 7.11 Å². The molecule has 1 aromatic rings. The van der Waals surface area contributed by atoms with Crippen LogP contribution in [0.15, 0.2) is 34.8 Å². The van der Waals surface area contributed by atoms with E-state index < -0.39 is 0 Å². The quantitative estimate of drug-likeness (QED) is 0.742. The molecule has 1 aliphatic carbocycles. The van der Waals surface area contributed by atoms with Crippen molar-refractivity contribution in [3.63, 3.8) is 0 Å². The summed E-state index contributed by atoms with van der Waals surface area (Å²) in [6.45, 7) is 0.551. The molecule has 0 amide bonds. The first-order valence-corrected chi connectivity index (χ1v) is 8.14. The highest BCUT2D eigenvalue weighted by atomic mass is 79.9. The Morgan fingerprint density at radius 2 is 2.00 bits per heavy atom. The highest BCUT2D eigenvalue weighted by Crippen LogP contribution is 2.25. The average molecular weight is 353 g/mol. The maximum absolute atomic E-state index is 11.4. The van der Waals surface area contributed by atoms with Crippen LogP contribution in [0.25, 0.3) is 0 Å². The predicted molar refractivity (Wildman–Crippen MR) is 86.5 cm³/mol. The van der Waals surface area contributed by atoms with E-state index in [0.717, 1.165) is 22.9 Å². The Kier molecular flexibility index (Phi) is 6.46. The van der Waals surface area contributed by atoms with Crippen molar-refractivity contribution >= 4 is 21.9 Å². The van der Waals surface area contributed by atoms with Crippen LogP contribution in [-0.4, -0.2) is 19.2 Å². The minimum Gasteiger partial charge on any atom is -0.465 e. The van der Waals surface area contributed by atoms with E-state index in [1.54, 1.807) is 12.1 Å². The smallest absolute Gasteiger partial charge is 0.337 e. The fraction of sp³-hybridized carbons (Fsp3) is 0.471. The first kappa shape index (κ1) is 16.2. The molecule has 2 rings (SSSR count). The lowest BCUT2D eigenvalue weighted by molar-refractivity contribution is 0.0595. The molecule has 1 aliphatic rings. The first-order chi connectivity index (χ1) is 10.2. The van der Waals surface area contributed by atoms with Gasteiger partial charge in [0.2, 0.25) is 0 Å². The molecule has 1 unspecified atom stereocenters. The molecule has 0 saturated carbocycles. The number of benzene rings is 1. The van der Waals surface area contributed by atoms with Gasteiger partial charge in [-0.25, -0.2) is 4.79 Å². The summed E-state index contributed by atoms with van der Waals surface area (Å²) in [6.07, 6.45) is 8.27. The van der Waals surface area contributed by atoms with Crippen LogP contribution in [-0.2, 0) is 16.1 Å². The topological polar surface area (TPSA) is 35.5 Å². The van der Waals surface area contributed by atoms with Crippen LogP contribution in [0.2, 0.25) is 0 Å². The van der Waals surface area contributed by atoms with Crippen molar-refractivity contribution in [3.8, 4) is 0 Å². The van der Waals surface area contributed by atoms with Crippen LogP contribution in [0.4, 0.5) is 0 Å². The van der Waals surface area contributed by atoms with E-state index in [1.165, 1.54) is 26.4 Å². The Morgan fingerprint density at radius 3 is 2.71 bits per heavy atom. The second-order valence-electron chi connectivity index (χ2n) is 5.22. The molecule has 3 nitrogen and oxygen atoms in total. The van der Waals surface area contributed by atoms with Crippen LogP contribution < -0.4 is 0 Å². The van der Waals surface area contributed by atoms with E-state index in [1.807, 2.05) is 12.1 Å². The summed E-state index contributed by atoms with van der Waals surface area (Å²) in [5.74, 6) is -0.312. The molecule has 21 heavy (non-hydrogen) atoms. The summed E-state index contributed by atoms with van der Waals surface area (Å²) in [4.78, 5) is 11.4. The van der Waals surface area contributed by atoms with E-state index in [-0.39, 0.29) is 12.1 Å². The molecule has 1 atom stereocenters. The lowest BCUT2D eigenvalue weighted by Gasteiger charge is -2.19. The molecule has 0 N–H and O–H groups in total. The van der Waals surface area contributed by atoms with Gasteiger partial charge in [-0.3, -0.25) is 0 Å². The number of methoxy groups -OCH3 is 1. The zero-order chi connectivity index (χ0) is 15.1. The molecular weight excluding hydrogens is 332 g/mol. The minimum atomic E-state index is -0.312. The maximum Gasteiger partial charge on any atom is 0.337 e. The number of hydrogen-bond acceptors (Lipinski definition) is 3. The normalized spacial score (nSPS) is 21.8. The van der Waals surface area contributed by atoms with Gasteiger partial charge in [0.15, 0.2) is 0 Å². The fourth-order valence-corrected chi connectivity index (χ4v) is 2.96. The number of esters is 1. The third-order valence-corrected chi connectivity index (χ3v) is 4.48. The molecular formula is C17H21BrO3. The highest BCUT2D eigenvalue weighted by Gasteiger charge is 2.14. The molecule has 0 heterocycles. The van der Waals surface area contributed by atoms with Crippen molar-refractivity contribution in [2.24, 2.45) is 0 Å². The van der Waals surface area contributed by atoms with Crippen LogP contribution in [0.1, 0.15) is 48.0 Å². The molecule has 0 radical (unpaired) electrons. The Morgan fingerprint density at radius 1 is 1.24 bits per heavy atom. The van der Waals surface area contributed by atoms with Crippen molar-refractivity contribution in [1.29, 1.82) is 0 Å². The molecule has 0 spiro atoms. The zero-order valence-corrected chi connectivity index (χ0v) is 13.9.